The van der Waals surface area contributed by atoms with Crippen LogP contribution in [0.1, 0.15) is 12.6 Å². The first-order chi connectivity index (χ1) is 15.7. The smallest absolute Gasteiger partial charge is 0.227 e. The number of fused-ring (bicyclic) bond motifs is 1. The van der Waals surface area contributed by atoms with Crippen LogP contribution >= 0.6 is 15.9 Å². The van der Waals surface area contributed by atoms with Crippen molar-refractivity contribution in [1.29, 1.82) is 0 Å². The average Bonchev–Trinajstić information content (AvgIpc) is 3.24. The minimum absolute atomic E-state index is 0.526. The summed E-state index contributed by atoms with van der Waals surface area (Å²) in [5.74, 6) is 0.526. The van der Waals surface area contributed by atoms with Crippen LogP contribution in [0.4, 0.5) is 11.6 Å². The van der Waals surface area contributed by atoms with Crippen LogP contribution in [0.5, 0.6) is 0 Å². The molecule has 0 saturated carbocycles. The van der Waals surface area contributed by atoms with Crippen LogP contribution in [0.2, 0.25) is 0 Å². The van der Waals surface area contributed by atoms with E-state index in [1.165, 1.54) is 0 Å². The Bertz CT molecular complexity index is 1200. The summed E-state index contributed by atoms with van der Waals surface area (Å²) in [7, 11) is 0. The van der Waals surface area contributed by atoms with Gasteiger partial charge in [-0.3, -0.25) is 14.3 Å². The van der Waals surface area contributed by atoms with E-state index >= 15 is 0 Å². The largest absolute Gasteiger partial charge is 0.323 e. The normalized spacial score (nSPS) is 15.3. The number of rotatable bonds is 6. The molecule has 1 saturated heterocycles. The molecule has 9 heteroatoms. The van der Waals surface area contributed by atoms with Crippen molar-refractivity contribution in [3.8, 4) is 11.4 Å². The number of anilines is 2. The van der Waals surface area contributed by atoms with Crippen LogP contribution in [-0.2, 0) is 6.54 Å². The molecule has 164 valence electrons. The molecule has 5 rings (SSSR count). The monoisotopic (exact) mass is 492 g/mol. The third-order valence-corrected chi connectivity index (χ3v) is 6.24. The number of nitrogens with zero attached hydrogens (tertiary/aromatic N) is 7. The Balaban J connectivity index is 1.27. The molecule has 8 nitrogen and oxygen atoms in total. The molecule has 1 fully saturated rings. The molecule has 1 aliphatic rings. The van der Waals surface area contributed by atoms with Crippen LogP contribution in [0.3, 0.4) is 0 Å². The van der Waals surface area contributed by atoms with Gasteiger partial charge < -0.3 is 10.2 Å². The highest BCUT2D eigenvalue weighted by molar-refractivity contribution is 9.10. The van der Waals surface area contributed by atoms with E-state index in [0.29, 0.717) is 5.95 Å². The second kappa shape index (κ2) is 9.32. The molecular formula is C23H25BrN8. The van der Waals surface area contributed by atoms with Gasteiger partial charge in [0.25, 0.3) is 0 Å². The first kappa shape index (κ1) is 21.0. The Morgan fingerprint density at radius 2 is 1.78 bits per heavy atom. The van der Waals surface area contributed by atoms with E-state index in [1.54, 1.807) is 6.20 Å². The number of aromatic nitrogens is 5. The minimum atomic E-state index is 0.526. The van der Waals surface area contributed by atoms with Crippen LogP contribution in [0, 0.1) is 0 Å². The molecule has 0 amide bonds. The Morgan fingerprint density at radius 1 is 0.938 bits per heavy atom. The second-order valence-electron chi connectivity index (χ2n) is 7.86. The Hall–Kier alpha value is -2.88. The maximum Gasteiger partial charge on any atom is 0.227 e. The number of hydrogen-bond donors (Lipinski definition) is 1. The SMILES string of the molecule is CCN1CCN(Cc2ccc(Nc3nccc(-c4cnc5ccc(Br)cn45)n3)cn2)CC1. The van der Waals surface area contributed by atoms with Gasteiger partial charge in [0.2, 0.25) is 5.95 Å². The quantitative estimate of drug-likeness (QED) is 0.438. The summed E-state index contributed by atoms with van der Waals surface area (Å²) in [6.45, 7) is 8.68. The number of imidazole rings is 1. The molecular weight excluding hydrogens is 468 g/mol. The zero-order valence-electron chi connectivity index (χ0n) is 17.9. The van der Waals surface area contributed by atoms with Gasteiger partial charge in [-0.05, 0) is 52.8 Å². The predicted octanol–water partition coefficient (Wildman–Crippen LogP) is 3.83. The molecule has 1 N–H and O–H groups in total. The van der Waals surface area contributed by atoms with Crippen LogP contribution in [0.25, 0.3) is 17.0 Å². The minimum Gasteiger partial charge on any atom is -0.323 e. The maximum atomic E-state index is 4.68. The van der Waals surface area contributed by atoms with Gasteiger partial charge in [0.05, 0.1) is 35.2 Å². The van der Waals surface area contributed by atoms with Crippen molar-refractivity contribution in [2.45, 2.75) is 13.5 Å². The zero-order valence-corrected chi connectivity index (χ0v) is 19.5. The van der Waals surface area contributed by atoms with Gasteiger partial charge in [-0.15, -0.1) is 0 Å². The van der Waals surface area contributed by atoms with E-state index in [9.17, 15) is 0 Å². The first-order valence-electron chi connectivity index (χ1n) is 10.8. The summed E-state index contributed by atoms with van der Waals surface area (Å²) >= 11 is 3.52. The molecule has 5 heterocycles. The van der Waals surface area contributed by atoms with Crippen molar-refractivity contribution in [1.82, 2.24) is 34.1 Å². The molecule has 32 heavy (non-hydrogen) atoms. The lowest BCUT2D eigenvalue weighted by Gasteiger charge is -2.33. The highest BCUT2D eigenvalue weighted by Crippen LogP contribution is 2.22. The van der Waals surface area contributed by atoms with Gasteiger partial charge in [0.1, 0.15) is 5.65 Å². The highest BCUT2D eigenvalue weighted by atomic mass is 79.9. The van der Waals surface area contributed by atoms with E-state index < -0.39 is 0 Å². The van der Waals surface area contributed by atoms with E-state index in [0.717, 1.165) is 72.2 Å². The Kier molecular flexibility index (Phi) is 6.11. The standard InChI is InChI=1S/C23H25BrN8/c1-2-30-9-11-31(12-10-30)16-19-5-4-18(13-26-19)28-23-25-8-7-20(29-23)21-14-27-22-6-3-17(24)15-32(21)22/h3-8,13-15H,2,9-12,16H2,1H3,(H,25,28,29). The lowest BCUT2D eigenvalue weighted by atomic mass is 10.2. The maximum absolute atomic E-state index is 4.68. The molecule has 4 aromatic rings. The van der Waals surface area contributed by atoms with Crippen molar-refractivity contribution in [2.75, 3.05) is 38.0 Å². The van der Waals surface area contributed by atoms with E-state index in [-0.39, 0.29) is 0 Å². The van der Waals surface area contributed by atoms with Crippen LogP contribution < -0.4 is 5.32 Å². The lowest BCUT2D eigenvalue weighted by Crippen LogP contribution is -2.45. The average molecular weight is 493 g/mol. The topological polar surface area (TPSA) is 74.5 Å². The third-order valence-electron chi connectivity index (χ3n) is 5.77. The fourth-order valence-corrected chi connectivity index (χ4v) is 4.26. The Labute approximate surface area is 195 Å². The summed E-state index contributed by atoms with van der Waals surface area (Å²) in [4.78, 5) is 23.1. The van der Waals surface area contributed by atoms with Gasteiger partial charge in [-0.2, -0.15) is 0 Å². The van der Waals surface area contributed by atoms with E-state index in [2.05, 4.69) is 64.0 Å². The molecule has 0 atom stereocenters. The van der Waals surface area contributed by atoms with Crippen molar-refractivity contribution >= 4 is 33.2 Å². The van der Waals surface area contributed by atoms with Crippen molar-refractivity contribution in [3.05, 3.63) is 65.3 Å². The number of hydrogen-bond acceptors (Lipinski definition) is 7. The predicted molar refractivity (Wildman–Crippen MR) is 129 cm³/mol. The summed E-state index contributed by atoms with van der Waals surface area (Å²) in [5, 5.41) is 3.27. The molecule has 0 aromatic carbocycles. The van der Waals surface area contributed by atoms with Crippen molar-refractivity contribution in [3.63, 3.8) is 0 Å². The Morgan fingerprint density at radius 3 is 2.56 bits per heavy atom. The van der Waals surface area contributed by atoms with Gasteiger partial charge in [0, 0.05) is 49.6 Å². The summed E-state index contributed by atoms with van der Waals surface area (Å²) in [6, 6.07) is 9.92. The number of piperazine rings is 1. The van der Waals surface area contributed by atoms with Gasteiger partial charge >= 0.3 is 0 Å². The van der Waals surface area contributed by atoms with Crippen LogP contribution in [-0.4, -0.2) is 66.9 Å². The molecule has 0 spiro atoms. The molecule has 0 unspecified atom stereocenters. The molecule has 1 aliphatic heterocycles. The highest BCUT2D eigenvalue weighted by Gasteiger charge is 2.16. The first-order valence-corrected chi connectivity index (χ1v) is 11.6. The fourth-order valence-electron chi connectivity index (χ4n) is 3.92. The number of nitrogens with one attached hydrogen (secondary N) is 1. The van der Waals surface area contributed by atoms with Crippen molar-refractivity contribution in [2.24, 2.45) is 0 Å². The number of pyridine rings is 2. The third kappa shape index (κ3) is 4.64. The van der Waals surface area contributed by atoms with Crippen LogP contribution in [0.15, 0.2) is 59.6 Å². The summed E-state index contributed by atoms with van der Waals surface area (Å²) < 4.78 is 2.99. The molecule has 4 aromatic heterocycles. The van der Waals surface area contributed by atoms with Gasteiger partial charge in [-0.1, -0.05) is 6.92 Å². The second-order valence-corrected chi connectivity index (χ2v) is 8.77. The van der Waals surface area contributed by atoms with E-state index in [1.807, 2.05) is 47.3 Å². The summed E-state index contributed by atoms with van der Waals surface area (Å²) in [5.41, 5.74) is 4.51. The van der Waals surface area contributed by atoms with Gasteiger partial charge in [0.15, 0.2) is 0 Å². The molecule has 0 bridgehead atoms. The lowest BCUT2D eigenvalue weighted by molar-refractivity contribution is 0.131. The number of halogens is 1. The molecule has 0 aliphatic carbocycles. The fraction of sp³-hybridized carbons (Fsp3) is 0.304. The van der Waals surface area contributed by atoms with E-state index in [4.69, 9.17) is 0 Å². The summed E-state index contributed by atoms with van der Waals surface area (Å²) in [6.07, 6.45) is 7.40. The van der Waals surface area contributed by atoms with Gasteiger partial charge in [-0.25, -0.2) is 15.0 Å². The number of likely N-dealkylation sites (N-methyl/N-ethyl adjacent to an activating group) is 1. The van der Waals surface area contributed by atoms with Crippen molar-refractivity contribution < 1.29 is 0 Å². The molecule has 0 radical (unpaired) electrons. The zero-order chi connectivity index (χ0) is 21.9.